The molecule has 0 amide bonds. The Morgan fingerprint density at radius 2 is 2.13 bits per heavy atom. The van der Waals surface area contributed by atoms with Gasteiger partial charge in [0.25, 0.3) is 0 Å². The summed E-state index contributed by atoms with van der Waals surface area (Å²) in [6.45, 7) is 0. The van der Waals surface area contributed by atoms with Crippen LogP contribution in [0, 0.1) is 0 Å². The molecule has 1 aliphatic rings. The van der Waals surface area contributed by atoms with Crippen molar-refractivity contribution in [2.45, 2.75) is 31.2 Å². The van der Waals surface area contributed by atoms with Gasteiger partial charge in [-0.05, 0) is 36.3 Å². The van der Waals surface area contributed by atoms with E-state index in [0.717, 1.165) is 5.56 Å². The molecule has 3 heteroatoms. The second kappa shape index (κ2) is 4.03. The molecule has 3 N–H and O–H groups in total. The van der Waals surface area contributed by atoms with Crippen molar-refractivity contribution in [1.29, 1.82) is 0 Å². The maximum absolute atomic E-state index is 10.7. The average Bonchev–Trinajstić information content (AvgIpc) is 3.02. The van der Waals surface area contributed by atoms with Crippen molar-refractivity contribution in [3.8, 4) is 0 Å². The van der Waals surface area contributed by atoms with E-state index >= 15 is 0 Å². The predicted molar refractivity (Wildman–Crippen MR) is 57.7 cm³/mol. The molecule has 0 radical (unpaired) electrons. The molecule has 1 aliphatic carbocycles. The van der Waals surface area contributed by atoms with Crippen LogP contribution in [0.25, 0.3) is 0 Å². The molecule has 1 aromatic rings. The van der Waals surface area contributed by atoms with Crippen LogP contribution in [0.1, 0.15) is 29.9 Å². The van der Waals surface area contributed by atoms with E-state index in [-0.39, 0.29) is 0 Å². The number of aliphatic carboxylic acids is 1. The maximum Gasteiger partial charge on any atom is 0.320 e. The molecule has 0 aromatic heterocycles. The Kier molecular flexibility index (Phi) is 2.73. The zero-order valence-electron chi connectivity index (χ0n) is 8.52. The SMILES string of the molecule is NC(Cc1ccccc1C1CC1)C(=O)O. The summed E-state index contributed by atoms with van der Waals surface area (Å²) in [5.41, 5.74) is 7.92. The topological polar surface area (TPSA) is 63.3 Å². The van der Waals surface area contributed by atoms with Gasteiger partial charge in [0.1, 0.15) is 6.04 Å². The number of benzene rings is 1. The van der Waals surface area contributed by atoms with E-state index < -0.39 is 12.0 Å². The Balaban J connectivity index is 2.16. The standard InChI is InChI=1S/C12H15NO2/c13-11(12(14)15)7-9-3-1-2-4-10(9)8-5-6-8/h1-4,8,11H,5-7,13H2,(H,14,15). The first kappa shape index (κ1) is 10.2. The first-order chi connectivity index (χ1) is 7.18. The molecule has 1 unspecified atom stereocenters. The lowest BCUT2D eigenvalue weighted by molar-refractivity contribution is -0.138. The molecule has 0 bridgehead atoms. The van der Waals surface area contributed by atoms with E-state index in [1.165, 1.54) is 18.4 Å². The molecule has 1 saturated carbocycles. The van der Waals surface area contributed by atoms with Crippen LogP contribution < -0.4 is 5.73 Å². The number of hydrogen-bond donors (Lipinski definition) is 2. The van der Waals surface area contributed by atoms with Gasteiger partial charge in [-0.1, -0.05) is 24.3 Å². The van der Waals surface area contributed by atoms with Crippen molar-refractivity contribution in [3.05, 3.63) is 35.4 Å². The van der Waals surface area contributed by atoms with E-state index in [0.29, 0.717) is 12.3 Å². The molecule has 2 rings (SSSR count). The van der Waals surface area contributed by atoms with Crippen molar-refractivity contribution in [2.75, 3.05) is 0 Å². The van der Waals surface area contributed by atoms with Crippen molar-refractivity contribution in [3.63, 3.8) is 0 Å². The van der Waals surface area contributed by atoms with Gasteiger partial charge < -0.3 is 10.8 Å². The van der Waals surface area contributed by atoms with Crippen LogP contribution in [0.3, 0.4) is 0 Å². The van der Waals surface area contributed by atoms with Crippen molar-refractivity contribution >= 4 is 5.97 Å². The minimum Gasteiger partial charge on any atom is -0.480 e. The van der Waals surface area contributed by atoms with Gasteiger partial charge in [-0.3, -0.25) is 4.79 Å². The smallest absolute Gasteiger partial charge is 0.320 e. The molecule has 3 nitrogen and oxygen atoms in total. The molecule has 80 valence electrons. The summed E-state index contributed by atoms with van der Waals surface area (Å²) in [6, 6.07) is 7.22. The van der Waals surface area contributed by atoms with E-state index in [2.05, 4.69) is 6.07 Å². The highest BCUT2D eigenvalue weighted by molar-refractivity contribution is 5.73. The number of rotatable bonds is 4. The van der Waals surface area contributed by atoms with Crippen LogP contribution in [0.15, 0.2) is 24.3 Å². The predicted octanol–water partition coefficient (Wildman–Crippen LogP) is 1.52. The van der Waals surface area contributed by atoms with Crippen molar-refractivity contribution in [1.82, 2.24) is 0 Å². The van der Waals surface area contributed by atoms with Gasteiger partial charge in [0.15, 0.2) is 0 Å². The first-order valence-electron chi connectivity index (χ1n) is 5.24. The quantitative estimate of drug-likeness (QED) is 0.783. The van der Waals surface area contributed by atoms with Crippen LogP contribution >= 0.6 is 0 Å². The molecule has 15 heavy (non-hydrogen) atoms. The van der Waals surface area contributed by atoms with Gasteiger partial charge in [-0.15, -0.1) is 0 Å². The molecule has 1 fully saturated rings. The van der Waals surface area contributed by atoms with E-state index in [4.69, 9.17) is 10.8 Å². The number of hydrogen-bond acceptors (Lipinski definition) is 2. The fraction of sp³-hybridized carbons (Fsp3) is 0.417. The highest BCUT2D eigenvalue weighted by Crippen LogP contribution is 2.41. The van der Waals surface area contributed by atoms with Gasteiger partial charge >= 0.3 is 5.97 Å². The Hall–Kier alpha value is -1.35. The molecule has 0 saturated heterocycles. The van der Waals surface area contributed by atoms with Gasteiger partial charge in [-0.2, -0.15) is 0 Å². The number of carbonyl (C=O) groups is 1. The highest BCUT2D eigenvalue weighted by Gasteiger charge is 2.26. The molecule has 0 heterocycles. The van der Waals surface area contributed by atoms with Gasteiger partial charge in [0.05, 0.1) is 0 Å². The van der Waals surface area contributed by atoms with Crippen LogP contribution in [0.4, 0.5) is 0 Å². The number of nitrogens with two attached hydrogens (primary N) is 1. The third-order valence-electron chi connectivity index (χ3n) is 2.83. The Bertz CT molecular complexity index is 372. The largest absolute Gasteiger partial charge is 0.480 e. The Morgan fingerprint density at radius 3 is 2.73 bits per heavy atom. The Labute approximate surface area is 88.9 Å². The zero-order chi connectivity index (χ0) is 10.8. The lowest BCUT2D eigenvalue weighted by atomic mass is 9.98. The third kappa shape index (κ3) is 2.36. The summed E-state index contributed by atoms with van der Waals surface area (Å²) < 4.78 is 0. The summed E-state index contributed by atoms with van der Waals surface area (Å²) in [4.78, 5) is 10.7. The summed E-state index contributed by atoms with van der Waals surface area (Å²) in [7, 11) is 0. The average molecular weight is 205 g/mol. The van der Waals surface area contributed by atoms with Gasteiger partial charge in [0.2, 0.25) is 0 Å². The molecule has 0 spiro atoms. The minimum atomic E-state index is -0.930. The monoisotopic (exact) mass is 205 g/mol. The van der Waals surface area contributed by atoms with Crippen LogP contribution in [0.2, 0.25) is 0 Å². The van der Waals surface area contributed by atoms with E-state index in [1.807, 2.05) is 18.2 Å². The van der Waals surface area contributed by atoms with Crippen LogP contribution in [-0.4, -0.2) is 17.1 Å². The van der Waals surface area contributed by atoms with Gasteiger partial charge in [0, 0.05) is 0 Å². The summed E-state index contributed by atoms with van der Waals surface area (Å²) in [6.07, 6.45) is 2.88. The van der Waals surface area contributed by atoms with Crippen molar-refractivity contribution in [2.24, 2.45) is 5.73 Å². The molecular formula is C12H15NO2. The molecule has 1 atom stereocenters. The molecule has 0 aliphatic heterocycles. The highest BCUT2D eigenvalue weighted by atomic mass is 16.4. The fourth-order valence-electron chi connectivity index (χ4n) is 1.84. The normalized spacial score (nSPS) is 17.4. The minimum absolute atomic E-state index is 0.433. The van der Waals surface area contributed by atoms with E-state index in [1.54, 1.807) is 0 Å². The maximum atomic E-state index is 10.7. The fourth-order valence-corrected chi connectivity index (χ4v) is 1.84. The lowest BCUT2D eigenvalue weighted by Gasteiger charge is -2.10. The second-order valence-electron chi connectivity index (χ2n) is 4.12. The summed E-state index contributed by atoms with van der Waals surface area (Å²) in [5, 5.41) is 8.76. The lowest BCUT2D eigenvalue weighted by Crippen LogP contribution is -2.32. The summed E-state index contributed by atoms with van der Waals surface area (Å²) >= 11 is 0. The van der Waals surface area contributed by atoms with Crippen molar-refractivity contribution < 1.29 is 9.90 Å². The van der Waals surface area contributed by atoms with Crippen LogP contribution in [0.5, 0.6) is 0 Å². The zero-order valence-corrected chi connectivity index (χ0v) is 8.52. The third-order valence-corrected chi connectivity index (χ3v) is 2.83. The second-order valence-corrected chi connectivity index (χ2v) is 4.12. The Morgan fingerprint density at radius 1 is 1.47 bits per heavy atom. The number of carboxylic acid groups (broad SMARTS) is 1. The van der Waals surface area contributed by atoms with Gasteiger partial charge in [-0.25, -0.2) is 0 Å². The molecular weight excluding hydrogens is 190 g/mol. The molecule has 1 aromatic carbocycles. The van der Waals surface area contributed by atoms with Crippen LogP contribution in [-0.2, 0) is 11.2 Å². The number of carboxylic acids is 1. The summed E-state index contributed by atoms with van der Waals surface area (Å²) in [5.74, 6) is -0.289. The van der Waals surface area contributed by atoms with E-state index in [9.17, 15) is 4.79 Å². The first-order valence-corrected chi connectivity index (χ1v) is 5.24.